The molecule has 3 amide bonds. The highest BCUT2D eigenvalue weighted by molar-refractivity contribution is 6.07. The quantitative estimate of drug-likeness (QED) is 0.515. The predicted molar refractivity (Wildman–Crippen MR) is 118 cm³/mol. The lowest BCUT2D eigenvalue weighted by atomic mass is 9.89. The van der Waals surface area contributed by atoms with Crippen molar-refractivity contribution in [3.05, 3.63) is 54.2 Å². The maximum atomic E-state index is 13.0. The van der Waals surface area contributed by atoms with Gasteiger partial charge in [-0.3, -0.25) is 10.1 Å². The lowest BCUT2D eigenvalue weighted by molar-refractivity contribution is -0.124. The number of benzene rings is 2. The molecule has 2 aliphatic rings. The van der Waals surface area contributed by atoms with E-state index in [0.29, 0.717) is 16.7 Å². The smallest absolute Gasteiger partial charge is 0.322 e. The van der Waals surface area contributed by atoms with Crippen LogP contribution in [0.1, 0.15) is 31.2 Å². The first-order chi connectivity index (χ1) is 15.5. The number of hydrogen-bond acceptors (Lipinski definition) is 5. The fraction of sp³-hybridized carbons (Fsp3) is 0.333. The molecular weight excluding hydrogens is 410 g/mol. The molecule has 2 fully saturated rings. The number of carbonyl (C=O) groups excluding carboxylic acids is 2. The van der Waals surface area contributed by atoms with Gasteiger partial charge in [-0.25, -0.2) is 4.79 Å². The molecule has 1 saturated carbocycles. The number of aromatic nitrogens is 1. The summed E-state index contributed by atoms with van der Waals surface area (Å²) in [7, 11) is 1.57. The van der Waals surface area contributed by atoms with E-state index in [1.807, 2.05) is 12.1 Å². The lowest BCUT2D eigenvalue weighted by Gasteiger charge is -2.27. The van der Waals surface area contributed by atoms with Gasteiger partial charge in [0.05, 0.1) is 19.8 Å². The number of urea groups is 1. The predicted octanol–water partition coefficient (Wildman–Crippen LogP) is 3.41. The number of nitrogens with zero attached hydrogens (tertiary/aromatic N) is 1. The molecule has 1 atom stereocenters. The molecule has 5 rings (SSSR count). The van der Waals surface area contributed by atoms with E-state index in [1.165, 1.54) is 12.8 Å². The van der Waals surface area contributed by atoms with Gasteiger partial charge in [0.1, 0.15) is 11.5 Å². The van der Waals surface area contributed by atoms with E-state index in [2.05, 4.69) is 10.6 Å². The first-order valence-electron chi connectivity index (χ1n) is 10.8. The summed E-state index contributed by atoms with van der Waals surface area (Å²) in [5.41, 5.74) is -0.756. The van der Waals surface area contributed by atoms with Crippen molar-refractivity contribution >= 4 is 22.7 Å². The van der Waals surface area contributed by atoms with Gasteiger partial charge >= 0.3 is 6.03 Å². The van der Waals surface area contributed by atoms with E-state index in [4.69, 9.17) is 9.47 Å². The highest BCUT2D eigenvalue weighted by Crippen LogP contribution is 2.35. The van der Waals surface area contributed by atoms with Gasteiger partial charge < -0.3 is 24.5 Å². The molecule has 2 aromatic carbocycles. The number of rotatable bonds is 6. The fourth-order valence-corrected chi connectivity index (χ4v) is 4.65. The van der Waals surface area contributed by atoms with Crippen molar-refractivity contribution in [2.24, 2.45) is 0 Å². The summed E-state index contributed by atoms with van der Waals surface area (Å²) in [5, 5.41) is 17.3. The van der Waals surface area contributed by atoms with Crippen LogP contribution < -0.4 is 20.1 Å². The summed E-state index contributed by atoms with van der Waals surface area (Å²) in [6.45, 7) is 0.0240. The van der Waals surface area contributed by atoms with Gasteiger partial charge in [-0.15, -0.1) is 0 Å². The largest absolute Gasteiger partial charge is 0.497 e. The van der Waals surface area contributed by atoms with E-state index in [9.17, 15) is 14.7 Å². The number of methoxy groups -OCH3 is 1. The maximum Gasteiger partial charge on any atom is 0.322 e. The van der Waals surface area contributed by atoms with Crippen LogP contribution in [-0.2, 0) is 16.9 Å². The number of hydrogen-bond donors (Lipinski definition) is 3. The first-order valence-corrected chi connectivity index (χ1v) is 10.8. The average Bonchev–Trinajstić information content (AvgIpc) is 3.48. The van der Waals surface area contributed by atoms with Crippen molar-refractivity contribution in [1.29, 1.82) is 0 Å². The third-order valence-corrected chi connectivity index (χ3v) is 6.37. The van der Waals surface area contributed by atoms with Gasteiger partial charge in [-0.2, -0.15) is 0 Å². The number of fused-ring (bicyclic) bond motifs is 1. The summed E-state index contributed by atoms with van der Waals surface area (Å²) in [6.07, 6.45) is 6.43. The maximum absolute atomic E-state index is 13.0. The standard InChI is InChI=1S/C24H25N3O5/c1-31-19-10-11-20-15(12-19)13-27(21(20)28)14-24(22(29)25-23(30)26-24)16-6-8-18(9-7-16)32-17-4-2-3-5-17/h6-13,17,28H,2-5,14H2,1H3,(H2,25,26,29,30). The lowest BCUT2D eigenvalue weighted by Crippen LogP contribution is -2.47. The zero-order chi connectivity index (χ0) is 22.3. The second-order valence-corrected chi connectivity index (χ2v) is 8.40. The Labute approximate surface area is 185 Å². The topological polar surface area (TPSA) is 102 Å². The van der Waals surface area contributed by atoms with E-state index < -0.39 is 17.5 Å². The van der Waals surface area contributed by atoms with Crippen molar-refractivity contribution in [3.63, 3.8) is 0 Å². The third kappa shape index (κ3) is 3.41. The van der Waals surface area contributed by atoms with Gasteiger partial charge in [-0.1, -0.05) is 12.1 Å². The molecule has 0 bridgehead atoms. The molecule has 2 heterocycles. The van der Waals surface area contributed by atoms with Crippen LogP contribution >= 0.6 is 0 Å². The van der Waals surface area contributed by atoms with Crippen molar-refractivity contribution in [1.82, 2.24) is 15.2 Å². The minimum absolute atomic E-state index is 0.0113. The van der Waals surface area contributed by atoms with Crippen LogP contribution in [0.3, 0.4) is 0 Å². The second-order valence-electron chi connectivity index (χ2n) is 8.40. The van der Waals surface area contributed by atoms with E-state index in [1.54, 1.807) is 48.2 Å². The van der Waals surface area contributed by atoms with Crippen LogP contribution in [-0.4, -0.2) is 34.8 Å². The summed E-state index contributed by atoms with van der Waals surface area (Å²) in [5.74, 6) is 0.940. The monoisotopic (exact) mass is 435 g/mol. The number of imide groups is 1. The van der Waals surface area contributed by atoms with E-state index in [-0.39, 0.29) is 18.5 Å². The van der Waals surface area contributed by atoms with Crippen molar-refractivity contribution < 1.29 is 24.2 Å². The van der Waals surface area contributed by atoms with Crippen LogP contribution in [0.2, 0.25) is 0 Å². The zero-order valence-electron chi connectivity index (χ0n) is 17.8. The van der Waals surface area contributed by atoms with Crippen molar-refractivity contribution in [2.45, 2.75) is 43.9 Å². The second kappa shape index (κ2) is 7.78. The van der Waals surface area contributed by atoms with Crippen LogP contribution in [0.4, 0.5) is 4.79 Å². The number of amides is 3. The molecule has 0 radical (unpaired) electrons. The highest BCUT2D eigenvalue weighted by Gasteiger charge is 2.48. The molecule has 0 spiro atoms. The number of ether oxygens (including phenoxy) is 2. The zero-order valence-corrected chi connectivity index (χ0v) is 17.8. The van der Waals surface area contributed by atoms with Crippen LogP contribution in [0.15, 0.2) is 48.7 Å². The Morgan fingerprint density at radius 1 is 1.09 bits per heavy atom. The average molecular weight is 435 g/mol. The van der Waals surface area contributed by atoms with Gasteiger partial charge in [-0.05, 0) is 61.6 Å². The van der Waals surface area contributed by atoms with Gasteiger partial charge in [0.25, 0.3) is 5.91 Å². The third-order valence-electron chi connectivity index (χ3n) is 6.37. The van der Waals surface area contributed by atoms with E-state index >= 15 is 0 Å². The molecular formula is C24H25N3O5. The molecule has 166 valence electrons. The van der Waals surface area contributed by atoms with Crippen molar-refractivity contribution in [3.8, 4) is 17.4 Å². The highest BCUT2D eigenvalue weighted by atomic mass is 16.5. The van der Waals surface area contributed by atoms with Gasteiger partial charge in [0.2, 0.25) is 0 Å². The normalized spacial score (nSPS) is 21.0. The first kappa shape index (κ1) is 20.2. The van der Waals surface area contributed by atoms with Crippen LogP contribution in [0, 0.1) is 0 Å². The summed E-state index contributed by atoms with van der Waals surface area (Å²) < 4.78 is 12.9. The Kier molecular flexibility index (Phi) is 4.92. The Morgan fingerprint density at radius 3 is 2.47 bits per heavy atom. The number of nitrogens with one attached hydrogen (secondary N) is 2. The molecule has 1 saturated heterocycles. The molecule has 3 aromatic rings. The molecule has 1 unspecified atom stereocenters. The molecule has 8 nitrogen and oxygen atoms in total. The van der Waals surface area contributed by atoms with Gasteiger partial charge in [0, 0.05) is 17.0 Å². The molecule has 1 aliphatic heterocycles. The minimum atomic E-state index is -1.36. The van der Waals surface area contributed by atoms with Crippen molar-refractivity contribution in [2.75, 3.05) is 7.11 Å². The summed E-state index contributed by atoms with van der Waals surface area (Å²) in [4.78, 5) is 25.1. The summed E-state index contributed by atoms with van der Waals surface area (Å²) >= 11 is 0. The number of aromatic hydroxyl groups is 1. The Hall–Kier alpha value is -3.68. The Morgan fingerprint density at radius 2 is 1.81 bits per heavy atom. The molecule has 1 aromatic heterocycles. The number of carbonyl (C=O) groups is 2. The molecule has 8 heteroatoms. The minimum Gasteiger partial charge on any atom is -0.497 e. The molecule has 32 heavy (non-hydrogen) atoms. The van der Waals surface area contributed by atoms with Crippen LogP contribution in [0.25, 0.3) is 10.8 Å². The Balaban J connectivity index is 1.49. The fourth-order valence-electron chi connectivity index (χ4n) is 4.65. The SMILES string of the molecule is COc1ccc2c(O)n(CC3(c4ccc(OC5CCCC5)cc4)NC(=O)NC3=O)cc2c1. The van der Waals surface area contributed by atoms with E-state index in [0.717, 1.165) is 24.0 Å². The summed E-state index contributed by atoms with van der Waals surface area (Å²) in [6, 6.07) is 12.0. The van der Waals surface area contributed by atoms with Gasteiger partial charge in [0.15, 0.2) is 11.4 Å². The molecule has 3 N–H and O–H groups in total. The van der Waals surface area contributed by atoms with Crippen LogP contribution in [0.5, 0.6) is 17.4 Å². The molecule has 1 aliphatic carbocycles. The Bertz CT molecular complexity index is 1180.